The van der Waals surface area contributed by atoms with E-state index in [0.717, 1.165) is 34.7 Å². The Kier molecular flexibility index (Phi) is 8.13. The lowest BCUT2D eigenvalue weighted by Crippen LogP contribution is -1.94. The first-order valence-corrected chi connectivity index (χ1v) is 10.9. The Hall–Kier alpha value is -1.00. The molecule has 130 valence electrons. The molecule has 0 saturated carbocycles. The van der Waals surface area contributed by atoms with E-state index in [1.807, 2.05) is 35.9 Å². The number of hydrogen-bond donors (Lipinski definition) is 0. The van der Waals surface area contributed by atoms with Gasteiger partial charge in [-0.2, -0.15) is 23.5 Å². The maximum atomic E-state index is 4.58. The Labute approximate surface area is 155 Å². The van der Waals surface area contributed by atoms with Crippen molar-refractivity contribution in [3.63, 3.8) is 0 Å². The van der Waals surface area contributed by atoms with Crippen LogP contribution in [0.15, 0.2) is 36.7 Å². The van der Waals surface area contributed by atoms with Crippen LogP contribution in [0.4, 0.5) is 0 Å². The Morgan fingerprint density at radius 1 is 0.708 bits per heavy atom. The molecule has 24 heavy (non-hydrogen) atoms. The summed E-state index contributed by atoms with van der Waals surface area (Å²) in [5.74, 6) is 5.93. The van der Waals surface area contributed by atoms with Gasteiger partial charge in [-0.3, -0.25) is 9.97 Å². The Morgan fingerprint density at radius 3 is 1.42 bits per heavy atom. The molecule has 0 fully saturated rings. The van der Waals surface area contributed by atoms with Crippen molar-refractivity contribution in [1.29, 1.82) is 0 Å². The van der Waals surface area contributed by atoms with Crippen LogP contribution in [-0.2, 0) is 11.5 Å². The number of hydrogen-bond acceptors (Lipinski definition) is 4. The highest BCUT2D eigenvalue weighted by Gasteiger charge is 2.03. The van der Waals surface area contributed by atoms with Crippen molar-refractivity contribution in [3.8, 4) is 11.4 Å². The van der Waals surface area contributed by atoms with Crippen LogP contribution in [0, 0.1) is 11.8 Å². The lowest BCUT2D eigenvalue weighted by atomic mass is 10.2. The second-order valence-corrected chi connectivity index (χ2v) is 8.98. The molecule has 4 heteroatoms. The monoisotopic (exact) mass is 360 g/mol. The van der Waals surface area contributed by atoms with Crippen LogP contribution in [0.25, 0.3) is 11.4 Å². The van der Waals surface area contributed by atoms with E-state index in [0.29, 0.717) is 0 Å². The SMILES string of the molecule is CC(C)CSCc1ccc(-c2ccc(CSCC(C)C)cn2)nc1. The third-order valence-electron chi connectivity index (χ3n) is 3.35. The van der Waals surface area contributed by atoms with E-state index in [4.69, 9.17) is 0 Å². The first-order valence-electron chi connectivity index (χ1n) is 8.60. The van der Waals surface area contributed by atoms with E-state index in [2.05, 4.69) is 61.9 Å². The minimum absolute atomic E-state index is 0.739. The van der Waals surface area contributed by atoms with E-state index in [-0.39, 0.29) is 0 Å². The molecule has 0 bridgehead atoms. The molecule has 2 rings (SSSR count). The molecule has 2 nitrogen and oxygen atoms in total. The third-order valence-corrected chi connectivity index (χ3v) is 6.23. The number of aromatic nitrogens is 2. The van der Waals surface area contributed by atoms with E-state index in [1.54, 1.807) is 0 Å². The molecule has 0 amide bonds. The summed E-state index contributed by atoms with van der Waals surface area (Å²) < 4.78 is 0. The van der Waals surface area contributed by atoms with Crippen molar-refractivity contribution in [1.82, 2.24) is 9.97 Å². The first-order chi connectivity index (χ1) is 11.5. The van der Waals surface area contributed by atoms with Crippen LogP contribution in [0.1, 0.15) is 38.8 Å². The van der Waals surface area contributed by atoms with Crippen molar-refractivity contribution >= 4 is 23.5 Å². The molecule has 0 saturated heterocycles. The summed E-state index contributed by atoms with van der Waals surface area (Å²) in [6.45, 7) is 9.02. The van der Waals surface area contributed by atoms with Crippen molar-refractivity contribution in [3.05, 3.63) is 47.8 Å². The van der Waals surface area contributed by atoms with Gasteiger partial charge >= 0.3 is 0 Å². The molecular formula is C20H28N2S2. The zero-order valence-corrected chi connectivity index (χ0v) is 16.8. The highest BCUT2D eigenvalue weighted by atomic mass is 32.2. The fourth-order valence-corrected chi connectivity index (χ4v) is 4.14. The maximum absolute atomic E-state index is 4.58. The molecule has 0 unspecified atom stereocenters. The molecule has 2 heterocycles. The van der Waals surface area contributed by atoms with Gasteiger partial charge in [0.1, 0.15) is 0 Å². The minimum Gasteiger partial charge on any atom is -0.254 e. The van der Waals surface area contributed by atoms with Gasteiger partial charge in [0, 0.05) is 23.9 Å². The topological polar surface area (TPSA) is 25.8 Å². The quantitative estimate of drug-likeness (QED) is 0.554. The predicted octanol–water partition coefficient (Wildman–Crippen LogP) is 5.92. The minimum atomic E-state index is 0.739. The third kappa shape index (κ3) is 6.86. The highest BCUT2D eigenvalue weighted by Crippen LogP contribution is 2.20. The van der Waals surface area contributed by atoms with Gasteiger partial charge in [0.15, 0.2) is 0 Å². The molecule has 0 aliphatic rings. The highest BCUT2D eigenvalue weighted by molar-refractivity contribution is 7.98. The zero-order valence-electron chi connectivity index (χ0n) is 15.2. The van der Waals surface area contributed by atoms with Gasteiger partial charge in [-0.25, -0.2) is 0 Å². The molecule has 0 aromatic carbocycles. The molecule has 0 aliphatic heterocycles. The second-order valence-electron chi connectivity index (χ2n) is 6.92. The van der Waals surface area contributed by atoms with Gasteiger partial charge in [-0.05, 0) is 46.6 Å². The summed E-state index contributed by atoms with van der Waals surface area (Å²) in [6, 6.07) is 8.51. The number of pyridine rings is 2. The lowest BCUT2D eigenvalue weighted by molar-refractivity contribution is 0.750. The molecule has 0 radical (unpaired) electrons. The van der Waals surface area contributed by atoms with Crippen molar-refractivity contribution in [2.75, 3.05) is 11.5 Å². The summed E-state index contributed by atoms with van der Waals surface area (Å²) in [4.78, 5) is 9.16. The maximum Gasteiger partial charge on any atom is 0.0886 e. The molecular weight excluding hydrogens is 332 g/mol. The van der Waals surface area contributed by atoms with E-state index in [1.165, 1.54) is 22.6 Å². The predicted molar refractivity (Wildman–Crippen MR) is 109 cm³/mol. The second kappa shape index (κ2) is 10.1. The molecule has 0 aliphatic carbocycles. The Morgan fingerprint density at radius 2 is 1.12 bits per heavy atom. The lowest BCUT2D eigenvalue weighted by Gasteiger charge is -2.07. The average Bonchev–Trinajstić information content (AvgIpc) is 2.56. The van der Waals surface area contributed by atoms with E-state index >= 15 is 0 Å². The van der Waals surface area contributed by atoms with Gasteiger partial charge in [-0.1, -0.05) is 39.8 Å². The van der Waals surface area contributed by atoms with Crippen molar-refractivity contribution < 1.29 is 0 Å². The standard InChI is InChI=1S/C20H28N2S2/c1-15(2)11-23-13-17-5-7-19(21-9-17)20-8-6-18(10-22-20)14-24-12-16(3)4/h5-10,15-16H,11-14H2,1-4H3. The van der Waals surface area contributed by atoms with Gasteiger partial charge in [0.2, 0.25) is 0 Å². The van der Waals surface area contributed by atoms with Crippen LogP contribution < -0.4 is 0 Å². The van der Waals surface area contributed by atoms with Crippen LogP contribution in [-0.4, -0.2) is 21.5 Å². The number of rotatable bonds is 9. The summed E-state index contributed by atoms with van der Waals surface area (Å²) in [7, 11) is 0. The van der Waals surface area contributed by atoms with Gasteiger partial charge in [0.05, 0.1) is 11.4 Å². The molecule has 0 atom stereocenters. The van der Waals surface area contributed by atoms with E-state index in [9.17, 15) is 0 Å². The normalized spacial score (nSPS) is 11.4. The molecule has 0 N–H and O–H groups in total. The number of nitrogens with zero attached hydrogens (tertiary/aromatic N) is 2. The molecule has 0 spiro atoms. The first kappa shape index (κ1) is 19.3. The fourth-order valence-electron chi connectivity index (χ4n) is 2.15. The van der Waals surface area contributed by atoms with Gasteiger partial charge in [-0.15, -0.1) is 0 Å². The smallest absolute Gasteiger partial charge is 0.0886 e. The average molecular weight is 361 g/mol. The van der Waals surface area contributed by atoms with Gasteiger partial charge in [0.25, 0.3) is 0 Å². The van der Waals surface area contributed by atoms with Gasteiger partial charge < -0.3 is 0 Å². The van der Waals surface area contributed by atoms with Crippen LogP contribution in [0.5, 0.6) is 0 Å². The molecule has 2 aromatic rings. The summed E-state index contributed by atoms with van der Waals surface area (Å²) in [5.41, 5.74) is 4.47. The fraction of sp³-hybridized carbons (Fsp3) is 0.500. The molecule has 2 aromatic heterocycles. The van der Waals surface area contributed by atoms with Crippen molar-refractivity contribution in [2.45, 2.75) is 39.2 Å². The van der Waals surface area contributed by atoms with Crippen LogP contribution in [0.2, 0.25) is 0 Å². The van der Waals surface area contributed by atoms with Crippen LogP contribution in [0.3, 0.4) is 0 Å². The van der Waals surface area contributed by atoms with E-state index < -0.39 is 0 Å². The van der Waals surface area contributed by atoms with Crippen molar-refractivity contribution in [2.24, 2.45) is 11.8 Å². The Balaban J connectivity index is 1.89. The summed E-state index contributed by atoms with van der Waals surface area (Å²) >= 11 is 3.94. The summed E-state index contributed by atoms with van der Waals surface area (Å²) in [6.07, 6.45) is 3.97. The number of thioether (sulfide) groups is 2. The Bertz CT molecular complexity index is 537. The zero-order chi connectivity index (χ0) is 17.4. The largest absolute Gasteiger partial charge is 0.254 e. The van der Waals surface area contributed by atoms with Crippen LogP contribution >= 0.6 is 23.5 Å². The summed E-state index contributed by atoms with van der Waals surface area (Å²) in [5, 5.41) is 0.